The minimum Gasteiger partial charge on any atom is -0.480 e. The number of nitrogens with one attached hydrogen (secondary N) is 3. The van der Waals surface area contributed by atoms with Gasteiger partial charge in [-0.1, -0.05) is 44.2 Å². The maximum Gasteiger partial charge on any atom is 0.326 e. The molecule has 36 heavy (non-hydrogen) atoms. The van der Waals surface area contributed by atoms with Crippen molar-refractivity contribution in [3.8, 4) is 0 Å². The number of hydrogen-bond acceptors (Lipinski definition) is 7. The van der Waals surface area contributed by atoms with E-state index in [1.165, 1.54) is 6.92 Å². The molecule has 0 fully saturated rings. The van der Waals surface area contributed by atoms with E-state index in [1.54, 1.807) is 38.1 Å². The standard InChI is InChI=1S/C24H37N5O7/c1-13(2)11-18(22(33)27-17(24(35)36)9-10-19(26)31)28-23(34)20(14(3)30)29-21(32)16(25)12-15-7-5-4-6-8-15/h4-8,13-14,16-18,20,30H,9-12,25H2,1-3H3,(H2,26,31)(H,27,33)(H,28,34)(H,29,32)(H,35,36). The molecule has 0 radical (unpaired) electrons. The zero-order chi connectivity index (χ0) is 27.4. The van der Waals surface area contributed by atoms with Crippen molar-refractivity contribution in [2.24, 2.45) is 17.4 Å². The second-order valence-electron chi connectivity index (χ2n) is 9.12. The van der Waals surface area contributed by atoms with Crippen molar-refractivity contribution in [1.82, 2.24) is 16.0 Å². The van der Waals surface area contributed by atoms with E-state index in [0.717, 1.165) is 5.56 Å². The largest absolute Gasteiger partial charge is 0.480 e. The third kappa shape index (κ3) is 10.8. The van der Waals surface area contributed by atoms with Crippen LogP contribution in [0.25, 0.3) is 0 Å². The van der Waals surface area contributed by atoms with Crippen molar-refractivity contribution < 1.29 is 34.2 Å². The van der Waals surface area contributed by atoms with Gasteiger partial charge in [-0.3, -0.25) is 19.2 Å². The summed E-state index contributed by atoms with van der Waals surface area (Å²) < 4.78 is 0. The number of aliphatic carboxylic acids is 1. The molecule has 0 aliphatic carbocycles. The van der Waals surface area contributed by atoms with Crippen LogP contribution >= 0.6 is 0 Å². The van der Waals surface area contributed by atoms with E-state index >= 15 is 0 Å². The van der Waals surface area contributed by atoms with Crippen LogP contribution < -0.4 is 27.4 Å². The van der Waals surface area contributed by atoms with Gasteiger partial charge in [-0.2, -0.15) is 0 Å². The molecule has 1 aromatic carbocycles. The molecular weight excluding hydrogens is 470 g/mol. The summed E-state index contributed by atoms with van der Waals surface area (Å²) >= 11 is 0. The van der Waals surface area contributed by atoms with Crippen molar-refractivity contribution in [2.45, 2.75) is 76.7 Å². The van der Waals surface area contributed by atoms with Gasteiger partial charge in [-0.15, -0.1) is 0 Å². The van der Waals surface area contributed by atoms with Crippen LogP contribution in [0.15, 0.2) is 30.3 Å². The number of carboxylic acids is 1. The molecule has 0 saturated carbocycles. The lowest BCUT2D eigenvalue weighted by Crippen LogP contribution is -2.60. The molecule has 9 N–H and O–H groups in total. The molecule has 0 saturated heterocycles. The lowest BCUT2D eigenvalue weighted by molar-refractivity contribution is -0.142. The second kappa shape index (κ2) is 14.8. The van der Waals surface area contributed by atoms with Gasteiger partial charge in [0.2, 0.25) is 23.6 Å². The highest BCUT2D eigenvalue weighted by atomic mass is 16.4. The Morgan fingerprint density at radius 2 is 1.47 bits per heavy atom. The Morgan fingerprint density at radius 1 is 0.889 bits per heavy atom. The van der Waals surface area contributed by atoms with E-state index < -0.39 is 59.9 Å². The highest BCUT2D eigenvalue weighted by molar-refractivity contribution is 5.94. The molecule has 1 rings (SSSR count). The predicted molar refractivity (Wildman–Crippen MR) is 131 cm³/mol. The predicted octanol–water partition coefficient (Wildman–Crippen LogP) is -1.21. The third-order valence-electron chi connectivity index (χ3n) is 5.33. The summed E-state index contributed by atoms with van der Waals surface area (Å²) in [6.07, 6.45) is -1.43. The Morgan fingerprint density at radius 3 is 1.97 bits per heavy atom. The lowest BCUT2D eigenvalue weighted by Gasteiger charge is -2.27. The normalized spacial score (nSPS) is 15.2. The minimum atomic E-state index is -1.41. The first-order valence-electron chi connectivity index (χ1n) is 11.7. The maximum absolute atomic E-state index is 12.9. The van der Waals surface area contributed by atoms with Crippen molar-refractivity contribution >= 4 is 29.6 Å². The van der Waals surface area contributed by atoms with Crippen LogP contribution in [0.5, 0.6) is 0 Å². The summed E-state index contributed by atoms with van der Waals surface area (Å²) in [5, 5.41) is 26.7. The number of carboxylic acid groups (broad SMARTS) is 1. The van der Waals surface area contributed by atoms with Gasteiger partial charge < -0.3 is 37.6 Å². The average Bonchev–Trinajstić information content (AvgIpc) is 2.78. The number of benzene rings is 1. The van der Waals surface area contributed by atoms with Crippen LogP contribution in [-0.2, 0) is 30.4 Å². The first-order valence-corrected chi connectivity index (χ1v) is 11.7. The highest BCUT2D eigenvalue weighted by Crippen LogP contribution is 2.09. The number of carbonyl (C=O) groups excluding carboxylic acids is 4. The molecule has 0 bridgehead atoms. The van der Waals surface area contributed by atoms with Crippen molar-refractivity contribution in [1.29, 1.82) is 0 Å². The minimum absolute atomic E-state index is 0.0752. The third-order valence-corrected chi connectivity index (χ3v) is 5.33. The van der Waals surface area contributed by atoms with Crippen LogP contribution in [0.4, 0.5) is 0 Å². The quantitative estimate of drug-likeness (QED) is 0.152. The van der Waals surface area contributed by atoms with E-state index in [2.05, 4.69) is 16.0 Å². The Kier molecular flexibility index (Phi) is 12.5. The summed E-state index contributed by atoms with van der Waals surface area (Å²) in [6, 6.07) is 4.07. The zero-order valence-corrected chi connectivity index (χ0v) is 20.8. The number of amides is 4. The van der Waals surface area contributed by atoms with Gasteiger partial charge in [0.05, 0.1) is 12.1 Å². The SMILES string of the molecule is CC(C)CC(NC(=O)C(NC(=O)C(N)Cc1ccccc1)C(C)O)C(=O)NC(CCC(N)=O)C(=O)O. The fraction of sp³-hybridized carbons (Fsp3) is 0.542. The number of hydrogen-bond donors (Lipinski definition) is 7. The fourth-order valence-corrected chi connectivity index (χ4v) is 3.41. The van der Waals surface area contributed by atoms with Gasteiger partial charge >= 0.3 is 5.97 Å². The first kappa shape index (κ1) is 30.5. The summed E-state index contributed by atoms with van der Waals surface area (Å²) in [7, 11) is 0. The summed E-state index contributed by atoms with van der Waals surface area (Å²) in [6.45, 7) is 4.89. The van der Waals surface area contributed by atoms with E-state index in [0.29, 0.717) is 0 Å². The molecule has 12 nitrogen and oxygen atoms in total. The van der Waals surface area contributed by atoms with E-state index in [-0.39, 0.29) is 31.6 Å². The van der Waals surface area contributed by atoms with Crippen molar-refractivity contribution in [2.75, 3.05) is 0 Å². The van der Waals surface area contributed by atoms with Crippen LogP contribution in [-0.4, -0.2) is 70.1 Å². The number of aliphatic hydroxyl groups excluding tert-OH is 1. The molecular formula is C24H37N5O7. The van der Waals surface area contributed by atoms with Crippen molar-refractivity contribution in [3.05, 3.63) is 35.9 Å². The van der Waals surface area contributed by atoms with Gasteiger partial charge in [0, 0.05) is 6.42 Å². The maximum atomic E-state index is 12.9. The average molecular weight is 508 g/mol. The Labute approximate surface area is 210 Å². The Hall–Kier alpha value is -3.51. The molecule has 5 unspecified atom stereocenters. The number of nitrogens with two attached hydrogens (primary N) is 2. The van der Waals surface area contributed by atoms with Crippen LogP contribution in [0.2, 0.25) is 0 Å². The second-order valence-corrected chi connectivity index (χ2v) is 9.12. The molecule has 200 valence electrons. The molecule has 0 spiro atoms. The van der Waals surface area contributed by atoms with Crippen molar-refractivity contribution in [3.63, 3.8) is 0 Å². The molecule has 4 amide bonds. The smallest absolute Gasteiger partial charge is 0.326 e. The topological polar surface area (TPSA) is 214 Å². The summed E-state index contributed by atoms with van der Waals surface area (Å²) in [4.78, 5) is 60.9. The first-order chi connectivity index (χ1) is 16.8. The Bertz CT molecular complexity index is 907. The summed E-state index contributed by atoms with van der Waals surface area (Å²) in [5.41, 5.74) is 11.8. The fourth-order valence-electron chi connectivity index (χ4n) is 3.41. The molecule has 1 aromatic rings. The van der Waals surface area contributed by atoms with Gasteiger partial charge in [0.15, 0.2) is 0 Å². The van der Waals surface area contributed by atoms with Crippen LogP contribution in [0.1, 0.15) is 45.6 Å². The molecule has 0 heterocycles. The molecule has 0 aliphatic heterocycles. The van der Waals surface area contributed by atoms with Gasteiger partial charge in [-0.05, 0) is 37.7 Å². The van der Waals surface area contributed by atoms with Gasteiger partial charge in [0.1, 0.15) is 18.1 Å². The monoisotopic (exact) mass is 507 g/mol. The molecule has 5 atom stereocenters. The molecule has 0 aliphatic rings. The molecule has 0 aromatic heterocycles. The highest BCUT2D eigenvalue weighted by Gasteiger charge is 2.32. The van der Waals surface area contributed by atoms with Crippen LogP contribution in [0.3, 0.4) is 0 Å². The number of carbonyl (C=O) groups is 5. The molecule has 12 heteroatoms. The zero-order valence-electron chi connectivity index (χ0n) is 20.8. The lowest BCUT2D eigenvalue weighted by atomic mass is 10.0. The number of aliphatic hydroxyl groups is 1. The van der Waals surface area contributed by atoms with Crippen LogP contribution in [0, 0.1) is 5.92 Å². The number of rotatable bonds is 15. The number of primary amides is 1. The van der Waals surface area contributed by atoms with Gasteiger partial charge in [0.25, 0.3) is 0 Å². The van der Waals surface area contributed by atoms with E-state index in [1.807, 2.05) is 6.07 Å². The van der Waals surface area contributed by atoms with Gasteiger partial charge in [-0.25, -0.2) is 4.79 Å². The summed E-state index contributed by atoms with van der Waals surface area (Å²) in [5.74, 6) is -4.44. The van der Waals surface area contributed by atoms with E-state index in [4.69, 9.17) is 11.5 Å². The Balaban J connectivity index is 2.91. The van der Waals surface area contributed by atoms with E-state index in [9.17, 15) is 34.2 Å².